The number of anilines is 1. The fourth-order valence-electron chi connectivity index (χ4n) is 4.25. The lowest BCUT2D eigenvalue weighted by molar-refractivity contribution is -0.140. The Kier molecular flexibility index (Phi) is 11.1. The number of para-hydroxylation sites is 1. The van der Waals surface area contributed by atoms with Crippen LogP contribution in [0.4, 0.5) is 5.69 Å². The number of carbonyl (C=O) groups excluding carboxylic acids is 2. The first-order valence-corrected chi connectivity index (χ1v) is 15.0. The number of amides is 2. The van der Waals surface area contributed by atoms with E-state index in [1.807, 2.05) is 58.0 Å². The summed E-state index contributed by atoms with van der Waals surface area (Å²) in [6.45, 7) is 8.31. The Morgan fingerprint density at radius 1 is 0.875 bits per heavy atom. The molecule has 0 bridgehead atoms. The van der Waals surface area contributed by atoms with Gasteiger partial charge in [0.2, 0.25) is 11.8 Å². The van der Waals surface area contributed by atoms with Gasteiger partial charge in [-0.05, 0) is 61.2 Å². The summed E-state index contributed by atoms with van der Waals surface area (Å²) in [4.78, 5) is 28.7. The van der Waals surface area contributed by atoms with Crippen molar-refractivity contribution in [3.8, 4) is 5.75 Å². The van der Waals surface area contributed by atoms with Crippen LogP contribution in [0.2, 0.25) is 0 Å². The number of ether oxygens (including phenoxy) is 1. The summed E-state index contributed by atoms with van der Waals surface area (Å²) in [5, 5.41) is 2.93. The van der Waals surface area contributed by atoms with Gasteiger partial charge in [-0.3, -0.25) is 13.9 Å². The molecule has 0 aliphatic heterocycles. The molecular weight excluding hydrogens is 526 g/mol. The quantitative estimate of drug-likeness (QED) is 0.301. The molecule has 0 saturated heterocycles. The van der Waals surface area contributed by atoms with Crippen molar-refractivity contribution >= 4 is 27.5 Å². The van der Waals surface area contributed by atoms with Gasteiger partial charge in [-0.1, -0.05) is 69.3 Å². The molecule has 0 heterocycles. The first kappa shape index (κ1) is 30.7. The smallest absolute Gasteiger partial charge is 0.264 e. The molecule has 1 atom stereocenters. The topological polar surface area (TPSA) is 96.0 Å². The predicted octanol–water partition coefficient (Wildman–Crippen LogP) is 4.86. The number of hydrogen-bond acceptors (Lipinski definition) is 5. The van der Waals surface area contributed by atoms with Gasteiger partial charge in [0, 0.05) is 13.1 Å². The molecule has 0 aromatic heterocycles. The van der Waals surface area contributed by atoms with E-state index in [2.05, 4.69) is 5.32 Å². The zero-order chi connectivity index (χ0) is 29.1. The second-order valence-electron chi connectivity index (χ2n) is 9.82. The van der Waals surface area contributed by atoms with Crippen molar-refractivity contribution in [1.82, 2.24) is 10.2 Å². The number of rotatable bonds is 14. The van der Waals surface area contributed by atoms with Gasteiger partial charge in [0.25, 0.3) is 10.0 Å². The Morgan fingerprint density at radius 3 is 2.02 bits per heavy atom. The molecule has 0 radical (unpaired) electrons. The maximum absolute atomic E-state index is 14.0. The van der Waals surface area contributed by atoms with Crippen molar-refractivity contribution in [3.63, 3.8) is 0 Å². The molecule has 0 spiro atoms. The van der Waals surface area contributed by atoms with E-state index >= 15 is 0 Å². The third-order valence-electron chi connectivity index (χ3n) is 6.31. The summed E-state index contributed by atoms with van der Waals surface area (Å²) < 4.78 is 34.4. The Labute approximate surface area is 238 Å². The summed E-state index contributed by atoms with van der Waals surface area (Å²) in [5.74, 6) is 0.0541. The zero-order valence-electron chi connectivity index (χ0n) is 23.6. The van der Waals surface area contributed by atoms with Crippen LogP contribution >= 0.6 is 0 Å². The minimum atomic E-state index is -4.13. The first-order valence-electron chi connectivity index (χ1n) is 13.6. The van der Waals surface area contributed by atoms with Crippen LogP contribution in [0.5, 0.6) is 5.75 Å². The molecule has 3 aromatic rings. The maximum atomic E-state index is 14.0. The van der Waals surface area contributed by atoms with Crippen LogP contribution in [-0.4, -0.2) is 50.9 Å². The molecule has 214 valence electrons. The van der Waals surface area contributed by atoms with E-state index in [0.717, 1.165) is 9.87 Å². The Balaban J connectivity index is 1.99. The number of carbonyl (C=O) groups is 2. The summed E-state index contributed by atoms with van der Waals surface area (Å²) in [6.07, 6.45) is 0.374. The molecule has 8 nitrogen and oxygen atoms in total. The Hall–Kier alpha value is -3.85. The highest BCUT2D eigenvalue weighted by atomic mass is 32.2. The van der Waals surface area contributed by atoms with Gasteiger partial charge in [0.05, 0.1) is 17.2 Å². The largest absolute Gasteiger partial charge is 0.494 e. The van der Waals surface area contributed by atoms with Crippen LogP contribution in [0.3, 0.4) is 0 Å². The Morgan fingerprint density at radius 2 is 1.48 bits per heavy atom. The number of nitrogens with one attached hydrogen (secondary N) is 1. The molecule has 1 N–H and O–H groups in total. The second kappa shape index (κ2) is 14.5. The van der Waals surface area contributed by atoms with E-state index in [-0.39, 0.29) is 23.3 Å². The van der Waals surface area contributed by atoms with Crippen molar-refractivity contribution < 1.29 is 22.7 Å². The third kappa shape index (κ3) is 8.08. The molecule has 0 saturated carbocycles. The highest BCUT2D eigenvalue weighted by molar-refractivity contribution is 7.92. The van der Waals surface area contributed by atoms with Gasteiger partial charge in [-0.2, -0.15) is 0 Å². The monoisotopic (exact) mass is 565 g/mol. The second-order valence-corrected chi connectivity index (χ2v) is 11.7. The molecule has 0 aliphatic rings. The first-order chi connectivity index (χ1) is 19.2. The van der Waals surface area contributed by atoms with E-state index in [1.54, 1.807) is 42.5 Å². The van der Waals surface area contributed by atoms with E-state index < -0.39 is 28.5 Å². The minimum absolute atomic E-state index is 0.0314. The van der Waals surface area contributed by atoms with Crippen LogP contribution < -0.4 is 14.4 Å². The average molecular weight is 566 g/mol. The lowest BCUT2D eigenvalue weighted by Gasteiger charge is -2.33. The minimum Gasteiger partial charge on any atom is -0.494 e. The normalized spacial score (nSPS) is 12.0. The third-order valence-corrected chi connectivity index (χ3v) is 8.10. The van der Waals surface area contributed by atoms with Gasteiger partial charge in [0.1, 0.15) is 18.3 Å². The maximum Gasteiger partial charge on any atom is 0.264 e. The van der Waals surface area contributed by atoms with Crippen molar-refractivity contribution in [2.45, 2.75) is 51.6 Å². The Bertz CT molecular complexity index is 1330. The fourth-order valence-corrected chi connectivity index (χ4v) is 5.66. The highest BCUT2D eigenvalue weighted by Crippen LogP contribution is 2.26. The van der Waals surface area contributed by atoms with E-state index in [4.69, 9.17) is 4.74 Å². The van der Waals surface area contributed by atoms with E-state index in [0.29, 0.717) is 31.0 Å². The number of benzene rings is 3. The fraction of sp³-hybridized carbons (Fsp3) is 0.355. The average Bonchev–Trinajstić information content (AvgIpc) is 2.96. The van der Waals surface area contributed by atoms with Crippen molar-refractivity contribution in [1.29, 1.82) is 0 Å². The zero-order valence-corrected chi connectivity index (χ0v) is 24.4. The predicted molar refractivity (Wildman–Crippen MR) is 158 cm³/mol. The highest BCUT2D eigenvalue weighted by Gasteiger charge is 2.33. The summed E-state index contributed by atoms with van der Waals surface area (Å²) in [5.41, 5.74) is 1.19. The van der Waals surface area contributed by atoms with Crippen LogP contribution in [-0.2, 0) is 26.2 Å². The molecule has 2 amide bonds. The van der Waals surface area contributed by atoms with Gasteiger partial charge < -0.3 is 15.0 Å². The van der Waals surface area contributed by atoms with Crippen molar-refractivity contribution in [2.75, 3.05) is 24.0 Å². The van der Waals surface area contributed by atoms with E-state index in [1.165, 1.54) is 17.0 Å². The molecule has 9 heteroatoms. The lowest BCUT2D eigenvalue weighted by atomic mass is 10.1. The molecule has 0 aliphatic carbocycles. The molecule has 0 unspecified atom stereocenters. The molecular formula is C31H39N3O5S. The SMILES string of the molecule is CCOc1ccc(S(=O)(=O)N(CC(=O)N(Cc2ccccc2)[C@@H](CC)C(=O)NCC(C)C)c2ccccc2)cc1. The van der Waals surface area contributed by atoms with Crippen LogP contribution in [0, 0.1) is 5.92 Å². The standard InChI is InChI=1S/C31H39N3O5S/c1-5-29(31(36)32-21-24(3)4)33(22-25-13-9-7-10-14-25)30(35)23-34(26-15-11-8-12-16-26)40(37,38)28-19-17-27(18-20-28)39-6-2/h7-20,24,29H,5-6,21-23H2,1-4H3,(H,32,36)/t29-/m0/s1. The molecule has 3 rings (SSSR count). The van der Waals surface area contributed by atoms with Crippen molar-refractivity contribution in [2.24, 2.45) is 5.92 Å². The summed E-state index contributed by atoms with van der Waals surface area (Å²) in [6, 6.07) is 23.2. The van der Waals surface area contributed by atoms with Gasteiger partial charge >= 0.3 is 0 Å². The van der Waals surface area contributed by atoms with Gasteiger partial charge in [-0.25, -0.2) is 8.42 Å². The van der Waals surface area contributed by atoms with Crippen molar-refractivity contribution in [3.05, 3.63) is 90.5 Å². The van der Waals surface area contributed by atoms with Crippen LogP contribution in [0.15, 0.2) is 89.8 Å². The molecule has 0 fully saturated rings. The lowest BCUT2D eigenvalue weighted by Crippen LogP contribution is -2.52. The van der Waals surface area contributed by atoms with E-state index in [9.17, 15) is 18.0 Å². The number of hydrogen-bond donors (Lipinski definition) is 1. The summed E-state index contributed by atoms with van der Waals surface area (Å²) >= 11 is 0. The van der Waals surface area contributed by atoms with Crippen LogP contribution in [0.1, 0.15) is 39.7 Å². The van der Waals surface area contributed by atoms with Gasteiger partial charge in [0.15, 0.2) is 0 Å². The van der Waals surface area contributed by atoms with Gasteiger partial charge in [-0.15, -0.1) is 0 Å². The van der Waals surface area contributed by atoms with Crippen LogP contribution in [0.25, 0.3) is 0 Å². The molecule has 40 heavy (non-hydrogen) atoms. The number of sulfonamides is 1. The summed E-state index contributed by atoms with van der Waals surface area (Å²) in [7, 11) is -4.13. The molecule has 3 aromatic carbocycles. The number of nitrogens with zero attached hydrogens (tertiary/aromatic N) is 2.